The third-order valence-electron chi connectivity index (χ3n) is 3.13. The van der Waals surface area contributed by atoms with E-state index in [9.17, 15) is 9.18 Å². The molecule has 0 radical (unpaired) electrons. The number of hydrogen-bond acceptors (Lipinski definition) is 3. The summed E-state index contributed by atoms with van der Waals surface area (Å²) in [4.78, 5) is 16.4. The Balaban J connectivity index is 1.89. The molecule has 1 amide bonds. The van der Waals surface area contributed by atoms with Crippen LogP contribution in [0, 0.1) is 5.82 Å². The zero-order valence-corrected chi connectivity index (χ0v) is 11.0. The van der Waals surface area contributed by atoms with Crippen LogP contribution in [0.4, 0.5) is 15.8 Å². The number of benzene rings is 2. The van der Waals surface area contributed by atoms with E-state index in [2.05, 4.69) is 10.3 Å². The predicted octanol–water partition coefficient (Wildman–Crippen LogP) is 3.21. The molecule has 0 atom stereocenters. The maximum absolute atomic E-state index is 13.0. The average molecular weight is 281 g/mol. The lowest BCUT2D eigenvalue weighted by Gasteiger charge is -2.08. The molecule has 0 aliphatic heterocycles. The van der Waals surface area contributed by atoms with Gasteiger partial charge in [0.1, 0.15) is 5.82 Å². The molecule has 2 aromatic carbocycles. The van der Waals surface area contributed by atoms with Crippen molar-refractivity contribution in [2.75, 3.05) is 11.1 Å². The van der Waals surface area contributed by atoms with Crippen molar-refractivity contribution in [1.82, 2.24) is 4.98 Å². The molecule has 104 valence electrons. The number of nitrogens with one attached hydrogen (secondary N) is 1. The van der Waals surface area contributed by atoms with Crippen LogP contribution in [0.15, 0.2) is 54.7 Å². The minimum atomic E-state index is -0.442. The molecule has 1 heterocycles. The molecule has 0 saturated heterocycles. The molecule has 3 N–H and O–H groups in total. The molecule has 0 aliphatic rings. The standard InChI is InChI=1S/C16H12FN3O/c17-12-4-6-15(13(18)9-12)20-16(21)11-3-5-14-10(8-11)2-1-7-19-14/h1-9H,18H2,(H,20,21). The van der Waals surface area contributed by atoms with Crippen LogP contribution >= 0.6 is 0 Å². The summed E-state index contributed by atoms with van der Waals surface area (Å²) >= 11 is 0. The summed E-state index contributed by atoms with van der Waals surface area (Å²) < 4.78 is 13.0. The fraction of sp³-hybridized carbons (Fsp3) is 0. The number of halogens is 1. The normalized spacial score (nSPS) is 10.5. The van der Waals surface area contributed by atoms with Gasteiger partial charge < -0.3 is 11.1 Å². The lowest BCUT2D eigenvalue weighted by atomic mass is 10.1. The van der Waals surface area contributed by atoms with Crippen LogP contribution < -0.4 is 11.1 Å². The van der Waals surface area contributed by atoms with Crippen molar-refractivity contribution in [2.45, 2.75) is 0 Å². The van der Waals surface area contributed by atoms with Gasteiger partial charge in [-0.2, -0.15) is 0 Å². The van der Waals surface area contributed by atoms with Gasteiger partial charge in [0.05, 0.1) is 16.9 Å². The van der Waals surface area contributed by atoms with E-state index in [4.69, 9.17) is 5.73 Å². The Bertz CT molecular complexity index is 833. The number of nitrogens with two attached hydrogens (primary N) is 1. The van der Waals surface area contributed by atoms with Gasteiger partial charge >= 0.3 is 0 Å². The van der Waals surface area contributed by atoms with E-state index in [1.165, 1.54) is 18.2 Å². The number of amides is 1. The van der Waals surface area contributed by atoms with Crippen LogP contribution in [0.25, 0.3) is 10.9 Å². The molecule has 5 heteroatoms. The Labute approximate surface area is 120 Å². The van der Waals surface area contributed by atoms with Crippen molar-refractivity contribution in [3.8, 4) is 0 Å². The maximum atomic E-state index is 13.0. The first kappa shape index (κ1) is 13.1. The first-order valence-electron chi connectivity index (χ1n) is 6.34. The summed E-state index contributed by atoms with van der Waals surface area (Å²) in [5.41, 5.74) is 7.54. The van der Waals surface area contributed by atoms with Crippen LogP contribution in [0.5, 0.6) is 0 Å². The zero-order chi connectivity index (χ0) is 14.8. The molecule has 1 aromatic heterocycles. The number of rotatable bonds is 2. The van der Waals surface area contributed by atoms with Gasteiger partial charge in [-0.05, 0) is 42.5 Å². The number of hydrogen-bond donors (Lipinski definition) is 2. The van der Waals surface area contributed by atoms with Gasteiger partial charge in [-0.25, -0.2) is 4.39 Å². The molecule has 0 saturated carbocycles. The molecule has 21 heavy (non-hydrogen) atoms. The highest BCUT2D eigenvalue weighted by Crippen LogP contribution is 2.21. The minimum Gasteiger partial charge on any atom is -0.397 e. The number of aromatic nitrogens is 1. The van der Waals surface area contributed by atoms with E-state index >= 15 is 0 Å². The lowest BCUT2D eigenvalue weighted by molar-refractivity contribution is 0.102. The third kappa shape index (κ3) is 2.67. The van der Waals surface area contributed by atoms with Gasteiger partial charge in [-0.3, -0.25) is 9.78 Å². The summed E-state index contributed by atoms with van der Waals surface area (Å²) in [7, 11) is 0. The number of carbonyl (C=O) groups excluding carboxylic acids is 1. The summed E-state index contributed by atoms with van der Waals surface area (Å²) in [5, 5.41) is 3.54. The van der Waals surface area contributed by atoms with E-state index in [1.54, 1.807) is 24.4 Å². The van der Waals surface area contributed by atoms with Crippen LogP contribution in [0.3, 0.4) is 0 Å². The molecular formula is C16H12FN3O. The molecule has 4 nitrogen and oxygen atoms in total. The van der Waals surface area contributed by atoms with Gasteiger partial charge in [0.2, 0.25) is 0 Å². The molecule has 0 spiro atoms. The number of anilines is 2. The fourth-order valence-corrected chi connectivity index (χ4v) is 2.06. The second-order valence-electron chi connectivity index (χ2n) is 4.60. The van der Waals surface area contributed by atoms with Crippen molar-refractivity contribution in [1.29, 1.82) is 0 Å². The van der Waals surface area contributed by atoms with Crippen molar-refractivity contribution in [3.63, 3.8) is 0 Å². The van der Waals surface area contributed by atoms with Gasteiger partial charge in [-0.15, -0.1) is 0 Å². The Morgan fingerprint density at radius 3 is 2.81 bits per heavy atom. The number of nitrogen functional groups attached to an aromatic ring is 1. The Hall–Kier alpha value is -2.95. The first-order chi connectivity index (χ1) is 10.1. The fourth-order valence-electron chi connectivity index (χ4n) is 2.06. The van der Waals surface area contributed by atoms with Gasteiger partial charge in [-0.1, -0.05) is 6.07 Å². The molecule has 0 aliphatic carbocycles. The minimum absolute atomic E-state index is 0.186. The third-order valence-corrected chi connectivity index (χ3v) is 3.13. The molecule has 0 fully saturated rings. The topological polar surface area (TPSA) is 68.0 Å². The van der Waals surface area contributed by atoms with Crippen molar-refractivity contribution < 1.29 is 9.18 Å². The highest BCUT2D eigenvalue weighted by Gasteiger charge is 2.09. The van der Waals surface area contributed by atoms with Crippen LogP contribution in [-0.4, -0.2) is 10.9 Å². The van der Waals surface area contributed by atoms with E-state index < -0.39 is 5.82 Å². The first-order valence-corrected chi connectivity index (χ1v) is 6.34. The van der Waals surface area contributed by atoms with Crippen LogP contribution in [0.2, 0.25) is 0 Å². The second-order valence-corrected chi connectivity index (χ2v) is 4.60. The highest BCUT2D eigenvalue weighted by molar-refractivity contribution is 6.07. The summed E-state index contributed by atoms with van der Waals surface area (Å²) in [5.74, 6) is -0.749. The van der Waals surface area contributed by atoms with E-state index in [1.807, 2.05) is 12.1 Å². The molecule has 0 unspecified atom stereocenters. The maximum Gasteiger partial charge on any atom is 0.255 e. The lowest BCUT2D eigenvalue weighted by Crippen LogP contribution is -2.13. The number of pyridine rings is 1. The highest BCUT2D eigenvalue weighted by atomic mass is 19.1. The van der Waals surface area contributed by atoms with E-state index in [0.29, 0.717) is 11.3 Å². The van der Waals surface area contributed by atoms with Crippen molar-refractivity contribution >= 4 is 28.2 Å². The quantitative estimate of drug-likeness (QED) is 0.709. The van der Waals surface area contributed by atoms with Crippen LogP contribution in [0.1, 0.15) is 10.4 Å². The molecule has 3 aromatic rings. The predicted molar refractivity (Wildman–Crippen MR) is 80.5 cm³/mol. The zero-order valence-electron chi connectivity index (χ0n) is 11.0. The monoisotopic (exact) mass is 281 g/mol. The van der Waals surface area contributed by atoms with Crippen LogP contribution in [-0.2, 0) is 0 Å². The van der Waals surface area contributed by atoms with Gasteiger partial charge in [0, 0.05) is 17.1 Å². The Morgan fingerprint density at radius 2 is 2.00 bits per heavy atom. The molecule has 3 rings (SSSR count). The number of fused-ring (bicyclic) bond motifs is 1. The van der Waals surface area contributed by atoms with E-state index in [-0.39, 0.29) is 11.6 Å². The number of carbonyl (C=O) groups is 1. The van der Waals surface area contributed by atoms with Gasteiger partial charge in [0.25, 0.3) is 5.91 Å². The summed E-state index contributed by atoms with van der Waals surface area (Å²) in [6.45, 7) is 0. The summed E-state index contributed by atoms with van der Waals surface area (Å²) in [6, 6.07) is 12.7. The SMILES string of the molecule is Nc1cc(F)ccc1NC(=O)c1ccc2ncccc2c1. The average Bonchev–Trinajstić information content (AvgIpc) is 2.49. The van der Waals surface area contributed by atoms with E-state index in [0.717, 1.165) is 10.9 Å². The molecular weight excluding hydrogens is 269 g/mol. The Morgan fingerprint density at radius 1 is 1.14 bits per heavy atom. The summed E-state index contributed by atoms with van der Waals surface area (Å²) in [6.07, 6.45) is 1.70. The van der Waals surface area contributed by atoms with Crippen molar-refractivity contribution in [3.05, 3.63) is 66.1 Å². The molecule has 0 bridgehead atoms. The second kappa shape index (κ2) is 5.20. The largest absolute Gasteiger partial charge is 0.397 e. The number of nitrogens with zero attached hydrogens (tertiary/aromatic N) is 1. The van der Waals surface area contributed by atoms with Gasteiger partial charge in [0.15, 0.2) is 0 Å². The Kier molecular flexibility index (Phi) is 3.23. The smallest absolute Gasteiger partial charge is 0.255 e. The van der Waals surface area contributed by atoms with Crippen molar-refractivity contribution in [2.24, 2.45) is 0 Å².